The van der Waals surface area contributed by atoms with Crippen LogP contribution in [0, 0.1) is 0 Å². The molecular weight excluding hydrogens is 236 g/mol. The number of halogens is 1. The molecule has 0 aromatic carbocycles. The maximum Gasteiger partial charge on any atom is 0.187 e. The second-order valence-corrected chi connectivity index (χ2v) is 4.73. The molecule has 6 heteroatoms. The highest BCUT2D eigenvalue weighted by Gasteiger charge is 2.25. The van der Waals surface area contributed by atoms with Gasteiger partial charge in [0.15, 0.2) is 16.6 Å². The quantitative estimate of drug-likeness (QED) is 0.764. The number of nitrogens with zero attached hydrogens (tertiary/aromatic N) is 2. The van der Waals surface area contributed by atoms with Gasteiger partial charge < -0.3 is 9.64 Å². The number of ether oxygens (including phenoxy) is 1. The highest BCUT2D eigenvalue weighted by atomic mass is 35.5. The zero-order valence-electron chi connectivity index (χ0n) is 8.27. The minimum Gasteiger partial charge on any atom is -0.380 e. The summed E-state index contributed by atoms with van der Waals surface area (Å²) < 4.78 is 5.26. The topological polar surface area (TPSA) is 42.4 Å². The summed E-state index contributed by atoms with van der Waals surface area (Å²) in [5.41, 5.74) is 0. The van der Waals surface area contributed by atoms with E-state index in [9.17, 15) is 4.79 Å². The van der Waals surface area contributed by atoms with E-state index in [1.807, 2.05) is 0 Å². The predicted octanol–water partition coefficient (Wildman–Crippen LogP) is 1.83. The molecule has 0 aliphatic carbocycles. The fourth-order valence-electron chi connectivity index (χ4n) is 1.60. The van der Waals surface area contributed by atoms with E-state index in [1.165, 1.54) is 11.3 Å². The Balaban J connectivity index is 2.13. The number of carbonyl (C=O) groups is 1. The molecule has 1 atom stereocenters. The number of thiazole rings is 1. The molecule has 1 unspecified atom stereocenters. The van der Waals surface area contributed by atoms with Gasteiger partial charge in [0, 0.05) is 20.2 Å². The van der Waals surface area contributed by atoms with Gasteiger partial charge >= 0.3 is 0 Å². The Morgan fingerprint density at radius 3 is 3.07 bits per heavy atom. The smallest absolute Gasteiger partial charge is 0.187 e. The highest BCUT2D eigenvalue weighted by molar-refractivity contribution is 7.17. The maximum atomic E-state index is 10.6. The molecule has 0 spiro atoms. The van der Waals surface area contributed by atoms with E-state index in [2.05, 4.69) is 9.88 Å². The van der Waals surface area contributed by atoms with E-state index in [0.29, 0.717) is 10.0 Å². The SMILES string of the molecule is COC1CCN(c2nc(Cl)c(C=O)s2)C1. The van der Waals surface area contributed by atoms with Crippen molar-refractivity contribution in [3.05, 3.63) is 10.0 Å². The molecule has 2 heterocycles. The van der Waals surface area contributed by atoms with Crippen molar-refractivity contribution in [1.29, 1.82) is 0 Å². The third-order valence-electron chi connectivity index (χ3n) is 2.45. The molecule has 0 N–H and O–H groups in total. The molecule has 1 aliphatic rings. The molecule has 0 bridgehead atoms. The molecule has 2 rings (SSSR count). The van der Waals surface area contributed by atoms with Gasteiger partial charge in [-0.15, -0.1) is 0 Å². The van der Waals surface area contributed by atoms with Crippen molar-refractivity contribution in [3.8, 4) is 0 Å². The van der Waals surface area contributed by atoms with Gasteiger partial charge in [0.25, 0.3) is 0 Å². The van der Waals surface area contributed by atoms with Crippen LogP contribution < -0.4 is 4.90 Å². The summed E-state index contributed by atoms with van der Waals surface area (Å²) in [6.45, 7) is 1.72. The van der Waals surface area contributed by atoms with Gasteiger partial charge in [-0.3, -0.25) is 4.79 Å². The minimum atomic E-state index is 0.257. The van der Waals surface area contributed by atoms with Crippen LogP contribution in [0.1, 0.15) is 16.1 Å². The first kappa shape index (κ1) is 10.9. The summed E-state index contributed by atoms with van der Waals surface area (Å²) >= 11 is 7.13. The molecule has 1 saturated heterocycles. The first-order chi connectivity index (χ1) is 7.24. The van der Waals surface area contributed by atoms with Crippen LogP contribution in [-0.2, 0) is 4.74 Å². The van der Waals surface area contributed by atoms with E-state index in [0.717, 1.165) is 30.9 Å². The Hall–Kier alpha value is -0.650. The molecule has 0 amide bonds. The summed E-state index contributed by atoms with van der Waals surface area (Å²) in [5, 5.41) is 1.10. The highest BCUT2D eigenvalue weighted by Crippen LogP contribution is 2.30. The second kappa shape index (κ2) is 4.47. The van der Waals surface area contributed by atoms with Crippen LogP contribution in [0.3, 0.4) is 0 Å². The Morgan fingerprint density at radius 2 is 2.53 bits per heavy atom. The van der Waals surface area contributed by atoms with Crippen LogP contribution in [0.15, 0.2) is 0 Å². The van der Waals surface area contributed by atoms with Crippen molar-refractivity contribution in [3.63, 3.8) is 0 Å². The lowest BCUT2D eigenvalue weighted by Crippen LogP contribution is -2.21. The number of aldehydes is 1. The first-order valence-corrected chi connectivity index (χ1v) is 5.83. The zero-order chi connectivity index (χ0) is 10.8. The molecule has 4 nitrogen and oxygen atoms in total. The molecule has 1 aromatic heterocycles. The number of rotatable bonds is 3. The van der Waals surface area contributed by atoms with Gasteiger partial charge in [-0.1, -0.05) is 22.9 Å². The third kappa shape index (κ3) is 2.14. The van der Waals surface area contributed by atoms with Crippen molar-refractivity contribution in [2.24, 2.45) is 0 Å². The average molecular weight is 247 g/mol. The van der Waals surface area contributed by atoms with Gasteiger partial charge in [0.05, 0.1) is 6.10 Å². The van der Waals surface area contributed by atoms with E-state index < -0.39 is 0 Å². The summed E-state index contributed by atoms with van der Waals surface area (Å²) in [4.78, 5) is 17.4. The summed E-state index contributed by atoms with van der Waals surface area (Å²) in [6.07, 6.45) is 1.99. The van der Waals surface area contributed by atoms with Crippen molar-refractivity contribution < 1.29 is 9.53 Å². The van der Waals surface area contributed by atoms with Crippen LogP contribution in [0.5, 0.6) is 0 Å². The van der Waals surface area contributed by atoms with Gasteiger partial charge in [-0.05, 0) is 6.42 Å². The zero-order valence-corrected chi connectivity index (χ0v) is 9.85. The maximum absolute atomic E-state index is 10.6. The van der Waals surface area contributed by atoms with Crippen LogP contribution in [0.2, 0.25) is 5.15 Å². The first-order valence-electron chi connectivity index (χ1n) is 4.64. The molecule has 0 saturated carbocycles. The van der Waals surface area contributed by atoms with Crippen LogP contribution >= 0.6 is 22.9 Å². The van der Waals surface area contributed by atoms with E-state index >= 15 is 0 Å². The standard InChI is InChI=1S/C9H11ClN2O2S/c1-14-6-2-3-12(4-6)9-11-8(10)7(5-13)15-9/h5-6H,2-4H2,1H3. The largest absolute Gasteiger partial charge is 0.380 e. The normalized spacial score (nSPS) is 20.9. The fourth-order valence-corrected chi connectivity index (χ4v) is 2.70. The van der Waals surface area contributed by atoms with Crippen molar-refractivity contribution >= 4 is 34.4 Å². The van der Waals surface area contributed by atoms with Crippen molar-refractivity contribution in [2.45, 2.75) is 12.5 Å². The van der Waals surface area contributed by atoms with E-state index in [-0.39, 0.29) is 6.10 Å². The van der Waals surface area contributed by atoms with Crippen molar-refractivity contribution in [1.82, 2.24) is 4.98 Å². The lowest BCUT2D eigenvalue weighted by atomic mass is 10.3. The van der Waals surface area contributed by atoms with Gasteiger partial charge in [0.1, 0.15) is 4.88 Å². The Morgan fingerprint density at radius 1 is 1.73 bits per heavy atom. The number of hydrogen-bond acceptors (Lipinski definition) is 5. The van der Waals surface area contributed by atoms with Gasteiger partial charge in [-0.25, -0.2) is 4.98 Å². The second-order valence-electron chi connectivity index (χ2n) is 3.36. The van der Waals surface area contributed by atoms with Crippen LogP contribution in [0.25, 0.3) is 0 Å². The average Bonchev–Trinajstić information content (AvgIpc) is 2.83. The third-order valence-corrected chi connectivity index (χ3v) is 3.90. The predicted molar refractivity (Wildman–Crippen MR) is 60.1 cm³/mol. The molecule has 1 aliphatic heterocycles. The van der Waals surface area contributed by atoms with E-state index in [1.54, 1.807) is 7.11 Å². The molecule has 1 fully saturated rings. The number of carbonyl (C=O) groups excluding carboxylic acids is 1. The number of aromatic nitrogens is 1. The lowest BCUT2D eigenvalue weighted by molar-refractivity contribution is 0.112. The van der Waals surface area contributed by atoms with Crippen LogP contribution in [0.4, 0.5) is 5.13 Å². The summed E-state index contributed by atoms with van der Waals surface area (Å²) in [5.74, 6) is 0. The molecule has 0 radical (unpaired) electrons. The lowest BCUT2D eigenvalue weighted by Gasteiger charge is -2.13. The Labute approximate surface area is 96.8 Å². The van der Waals surface area contributed by atoms with Gasteiger partial charge in [0.2, 0.25) is 0 Å². The Kier molecular flexibility index (Phi) is 3.23. The number of anilines is 1. The molecule has 1 aromatic rings. The number of methoxy groups -OCH3 is 1. The minimum absolute atomic E-state index is 0.257. The van der Waals surface area contributed by atoms with Crippen molar-refractivity contribution in [2.75, 3.05) is 25.1 Å². The number of hydrogen-bond donors (Lipinski definition) is 0. The van der Waals surface area contributed by atoms with Gasteiger partial charge in [-0.2, -0.15) is 0 Å². The summed E-state index contributed by atoms with van der Waals surface area (Å²) in [6, 6.07) is 0. The Bertz CT molecular complexity index is 369. The van der Waals surface area contributed by atoms with Crippen LogP contribution in [-0.4, -0.2) is 37.6 Å². The molecule has 15 heavy (non-hydrogen) atoms. The van der Waals surface area contributed by atoms with E-state index in [4.69, 9.17) is 16.3 Å². The monoisotopic (exact) mass is 246 g/mol. The summed E-state index contributed by atoms with van der Waals surface area (Å²) in [7, 11) is 1.71. The fraction of sp³-hybridized carbons (Fsp3) is 0.556. The molecule has 82 valence electrons. The molecular formula is C9H11ClN2O2S.